The van der Waals surface area contributed by atoms with Crippen molar-refractivity contribution in [3.8, 4) is 0 Å². The SMILES string of the molecule is CC(C)(C)OC(=O)N1CC=[C]([AlH2])CC1. The molecule has 0 spiro atoms. The molecule has 1 amide bonds. The molecular formula is C10H18AlNO2. The van der Waals surface area contributed by atoms with Gasteiger partial charge >= 0.3 is 6.09 Å². The molecule has 3 nitrogen and oxygen atoms in total. The first kappa shape index (κ1) is 11.6. The Kier molecular flexibility index (Phi) is 3.63. The molecule has 1 aliphatic heterocycles. The summed E-state index contributed by atoms with van der Waals surface area (Å²) in [5.74, 6) is 0. The number of hydrogen-bond acceptors (Lipinski definition) is 2. The Morgan fingerprint density at radius 3 is 2.64 bits per heavy atom. The third-order valence-corrected chi connectivity index (χ3v) is 3.00. The molecule has 0 saturated heterocycles. The maximum Gasteiger partial charge on any atom is 0.410 e. The number of nitrogens with zero attached hydrogens (tertiary/aromatic N) is 1. The summed E-state index contributed by atoms with van der Waals surface area (Å²) >= 11 is 1.11. The van der Waals surface area contributed by atoms with Gasteiger partial charge in [-0.25, -0.2) is 4.79 Å². The molecule has 14 heavy (non-hydrogen) atoms. The van der Waals surface area contributed by atoms with Crippen LogP contribution in [-0.2, 0) is 4.74 Å². The Bertz CT molecular complexity index is 255. The first-order valence-corrected chi connectivity index (χ1v) is 6.02. The van der Waals surface area contributed by atoms with Crippen molar-refractivity contribution >= 4 is 22.4 Å². The standard InChI is InChI=1S/C10H16NO2.Al.2H/c1-10(2,3)13-9(12)11-7-5-4-6-8-11;;;/h5H,6-8H2,1-3H3;;;. The highest BCUT2D eigenvalue weighted by Gasteiger charge is 2.22. The van der Waals surface area contributed by atoms with E-state index >= 15 is 0 Å². The Balaban J connectivity index is 2.47. The number of amides is 1. The van der Waals surface area contributed by atoms with Crippen LogP contribution >= 0.6 is 0 Å². The highest BCUT2D eigenvalue weighted by Crippen LogP contribution is 2.13. The van der Waals surface area contributed by atoms with E-state index in [9.17, 15) is 4.79 Å². The summed E-state index contributed by atoms with van der Waals surface area (Å²) < 4.78 is 6.77. The Hall–Kier alpha value is -0.458. The Labute approximate surface area is 93.5 Å². The van der Waals surface area contributed by atoms with Gasteiger partial charge in [-0.3, -0.25) is 0 Å². The maximum atomic E-state index is 11.6. The summed E-state index contributed by atoms with van der Waals surface area (Å²) in [7, 11) is 0. The van der Waals surface area contributed by atoms with Gasteiger partial charge in [0.25, 0.3) is 16.3 Å². The third-order valence-electron chi connectivity index (χ3n) is 2.09. The second-order valence-electron chi connectivity index (χ2n) is 4.73. The Morgan fingerprint density at radius 1 is 1.57 bits per heavy atom. The lowest BCUT2D eigenvalue weighted by atomic mass is 10.2. The highest BCUT2D eigenvalue weighted by molar-refractivity contribution is 6.21. The van der Waals surface area contributed by atoms with Crippen molar-refractivity contribution < 1.29 is 9.53 Å². The van der Waals surface area contributed by atoms with Crippen LogP contribution in [0.25, 0.3) is 0 Å². The molecule has 1 aliphatic rings. The molecule has 4 heteroatoms. The van der Waals surface area contributed by atoms with E-state index in [1.54, 1.807) is 4.90 Å². The summed E-state index contributed by atoms with van der Waals surface area (Å²) in [6, 6.07) is 0. The van der Waals surface area contributed by atoms with Gasteiger partial charge in [-0.05, 0) is 27.2 Å². The second kappa shape index (κ2) is 4.38. The van der Waals surface area contributed by atoms with Crippen molar-refractivity contribution in [2.45, 2.75) is 32.8 Å². The van der Waals surface area contributed by atoms with E-state index in [0.29, 0.717) is 6.54 Å². The number of hydrogen-bond donors (Lipinski definition) is 0. The lowest BCUT2D eigenvalue weighted by molar-refractivity contribution is 0.0267. The monoisotopic (exact) mass is 211 g/mol. The zero-order chi connectivity index (χ0) is 10.8. The quantitative estimate of drug-likeness (QED) is 0.562. The molecule has 0 bridgehead atoms. The predicted molar refractivity (Wildman–Crippen MR) is 59.1 cm³/mol. The first-order valence-electron chi connectivity index (χ1n) is 5.02. The van der Waals surface area contributed by atoms with Crippen LogP contribution in [0.2, 0.25) is 0 Å². The van der Waals surface area contributed by atoms with Crippen molar-refractivity contribution in [1.29, 1.82) is 0 Å². The summed E-state index contributed by atoms with van der Waals surface area (Å²) in [4.78, 5) is 13.4. The van der Waals surface area contributed by atoms with Crippen LogP contribution in [0.15, 0.2) is 10.5 Å². The van der Waals surface area contributed by atoms with Crippen molar-refractivity contribution in [2.24, 2.45) is 0 Å². The van der Waals surface area contributed by atoms with Crippen LogP contribution in [-0.4, -0.2) is 46.0 Å². The van der Waals surface area contributed by atoms with Crippen LogP contribution in [0.3, 0.4) is 0 Å². The fourth-order valence-corrected chi connectivity index (χ4v) is 1.67. The van der Waals surface area contributed by atoms with Gasteiger partial charge in [0.2, 0.25) is 0 Å². The fraction of sp³-hybridized carbons (Fsp3) is 0.700. The lowest BCUT2D eigenvalue weighted by Crippen LogP contribution is -2.39. The molecular weight excluding hydrogens is 193 g/mol. The minimum absolute atomic E-state index is 0.192. The molecule has 0 unspecified atom stereocenters. The highest BCUT2D eigenvalue weighted by atomic mass is 27.0. The third kappa shape index (κ3) is 3.73. The Morgan fingerprint density at radius 2 is 2.21 bits per heavy atom. The second-order valence-corrected chi connectivity index (χ2v) is 6.01. The number of carbonyl (C=O) groups is 1. The van der Waals surface area contributed by atoms with E-state index in [4.69, 9.17) is 4.74 Å². The summed E-state index contributed by atoms with van der Waals surface area (Å²) in [5, 5.41) is 0. The van der Waals surface area contributed by atoms with E-state index in [1.165, 1.54) is 4.44 Å². The number of ether oxygens (including phenoxy) is 1. The van der Waals surface area contributed by atoms with E-state index in [1.807, 2.05) is 20.8 Å². The van der Waals surface area contributed by atoms with Crippen molar-refractivity contribution in [3.05, 3.63) is 10.5 Å². The van der Waals surface area contributed by atoms with Crippen molar-refractivity contribution in [2.75, 3.05) is 13.1 Å². The van der Waals surface area contributed by atoms with Gasteiger partial charge < -0.3 is 9.64 Å². The van der Waals surface area contributed by atoms with Crippen LogP contribution in [0.1, 0.15) is 27.2 Å². The normalized spacial score (nSPS) is 17.6. The predicted octanol–water partition coefficient (Wildman–Crippen LogP) is 1.14. The topological polar surface area (TPSA) is 29.5 Å². The average Bonchev–Trinajstić information content (AvgIpc) is 2.02. The van der Waals surface area contributed by atoms with E-state index in [-0.39, 0.29) is 11.7 Å². The summed E-state index contributed by atoms with van der Waals surface area (Å²) in [5.41, 5.74) is -0.387. The van der Waals surface area contributed by atoms with Crippen LogP contribution < -0.4 is 0 Å². The van der Waals surface area contributed by atoms with Crippen molar-refractivity contribution in [3.63, 3.8) is 0 Å². The van der Waals surface area contributed by atoms with E-state index in [0.717, 1.165) is 29.3 Å². The minimum atomic E-state index is -0.387. The fourth-order valence-electron chi connectivity index (χ4n) is 1.26. The summed E-state index contributed by atoms with van der Waals surface area (Å²) in [6.07, 6.45) is 2.97. The molecule has 78 valence electrons. The molecule has 0 N–H and O–H groups in total. The maximum absolute atomic E-state index is 11.6. The van der Waals surface area contributed by atoms with Gasteiger partial charge in [-0.1, -0.05) is 6.08 Å². The van der Waals surface area contributed by atoms with E-state index in [2.05, 4.69) is 6.08 Å². The lowest BCUT2D eigenvalue weighted by Gasteiger charge is -2.29. The molecule has 1 heterocycles. The van der Waals surface area contributed by atoms with Gasteiger partial charge in [0.1, 0.15) is 5.60 Å². The molecule has 0 aromatic carbocycles. The van der Waals surface area contributed by atoms with E-state index < -0.39 is 0 Å². The van der Waals surface area contributed by atoms with Gasteiger partial charge in [-0.2, -0.15) is 0 Å². The molecule has 0 atom stereocenters. The van der Waals surface area contributed by atoms with Gasteiger partial charge in [-0.15, -0.1) is 4.44 Å². The summed E-state index contributed by atoms with van der Waals surface area (Å²) in [6.45, 7) is 7.20. The van der Waals surface area contributed by atoms with Gasteiger partial charge in [0.05, 0.1) is 0 Å². The molecule has 0 aromatic heterocycles. The molecule has 0 radical (unpaired) electrons. The first-order chi connectivity index (χ1) is 6.38. The largest absolute Gasteiger partial charge is 0.444 e. The van der Waals surface area contributed by atoms with Gasteiger partial charge in [0, 0.05) is 13.1 Å². The van der Waals surface area contributed by atoms with Gasteiger partial charge in [0.15, 0.2) is 0 Å². The zero-order valence-corrected chi connectivity index (χ0v) is 11.5. The molecule has 0 saturated carbocycles. The number of rotatable bonds is 0. The molecule has 1 rings (SSSR count). The minimum Gasteiger partial charge on any atom is -0.444 e. The molecule has 0 aromatic rings. The molecule has 0 aliphatic carbocycles. The van der Waals surface area contributed by atoms with Crippen LogP contribution in [0.4, 0.5) is 4.79 Å². The average molecular weight is 211 g/mol. The molecule has 0 fully saturated rings. The van der Waals surface area contributed by atoms with Crippen LogP contribution in [0.5, 0.6) is 0 Å². The zero-order valence-electron chi connectivity index (χ0n) is 9.46. The number of carbonyl (C=O) groups excluding carboxylic acids is 1. The smallest absolute Gasteiger partial charge is 0.410 e. The van der Waals surface area contributed by atoms with Crippen molar-refractivity contribution in [1.82, 2.24) is 4.90 Å². The van der Waals surface area contributed by atoms with Crippen LogP contribution in [0, 0.1) is 0 Å².